The van der Waals surface area contributed by atoms with Crippen LogP contribution < -0.4 is 10.1 Å². The minimum atomic E-state index is -0.269. The van der Waals surface area contributed by atoms with Gasteiger partial charge < -0.3 is 10.1 Å². The van der Waals surface area contributed by atoms with Gasteiger partial charge in [-0.25, -0.2) is 0 Å². The lowest BCUT2D eigenvalue weighted by Gasteiger charge is -2.12. The van der Waals surface area contributed by atoms with E-state index in [9.17, 15) is 4.79 Å². The quantitative estimate of drug-likeness (QED) is 0.487. The van der Waals surface area contributed by atoms with Crippen LogP contribution in [0.25, 0.3) is 11.3 Å². The normalized spacial score (nSPS) is 10.5. The van der Waals surface area contributed by atoms with E-state index < -0.39 is 0 Å². The maximum absolute atomic E-state index is 12.9. The Kier molecular flexibility index (Phi) is 5.12. The molecule has 0 unspecified atom stereocenters. The molecular weight excluding hydrogens is 370 g/mol. The van der Waals surface area contributed by atoms with Gasteiger partial charge in [-0.15, -0.1) is 5.10 Å². The average Bonchev–Trinajstić information content (AvgIpc) is 3.21. The Morgan fingerprint density at radius 3 is 2.43 bits per heavy atom. The fraction of sp³-hybridized carbons (Fsp3) is 0.0455. The summed E-state index contributed by atoms with van der Waals surface area (Å²) in [4.78, 5) is 13.4. The molecule has 4 rings (SSSR count). The van der Waals surface area contributed by atoms with Crippen molar-refractivity contribution in [2.75, 3.05) is 5.32 Å². The third-order valence-corrected chi connectivity index (χ3v) is 4.85. The lowest BCUT2D eigenvalue weighted by Crippen LogP contribution is -2.12. The lowest BCUT2D eigenvalue weighted by atomic mass is 10.1. The van der Waals surface area contributed by atoms with E-state index in [0.29, 0.717) is 27.8 Å². The fourth-order valence-corrected chi connectivity index (χ4v) is 3.28. The molecule has 1 heterocycles. The van der Waals surface area contributed by atoms with E-state index in [-0.39, 0.29) is 5.91 Å². The molecule has 5 nitrogen and oxygen atoms in total. The van der Waals surface area contributed by atoms with Gasteiger partial charge in [0.1, 0.15) is 16.3 Å². The molecule has 0 aliphatic carbocycles. The fourth-order valence-electron chi connectivity index (χ4n) is 2.69. The van der Waals surface area contributed by atoms with Gasteiger partial charge >= 0.3 is 0 Å². The Bertz CT molecular complexity index is 1090. The molecule has 1 aromatic heterocycles. The van der Waals surface area contributed by atoms with Gasteiger partial charge in [-0.3, -0.25) is 4.79 Å². The Hall–Kier alpha value is -3.51. The van der Waals surface area contributed by atoms with Crippen LogP contribution in [0, 0.1) is 6.92 Å². The second-order valence-corrected chi connectivity index (χ2v) is 6.94. The first-order valence-corrected chi connectivity index (χ1v) is 9.51. The summed E-state index contributed by atoms with van der Waals surface area (Å²) >= 11 is 1.07. The van der Waals surface area contributed by atoms with Gasteiger partial charge in [0.15, 0.2) is 5.75 Å². The predicted molar refractivity (Wildman–Crippen MR) is 111 cm³/mol. The maximum atomic E-state index is 12.9. The number of nitrogens with one attached hydrogen (secondary N) is 1. The molecule has 1 amide bonds. The molecule has 0 saturated heterocycles. The van der Waals surface area contributed by atoms with Crippen LogP contribution in [0.2, 0.25) is 0 Å². The van der Waals surface area contributed by atoms with Crippen LogP contribution in [0.5, 0.6) is 11.5 Å². The van der Waals surface area contributed by atoms with Crippen LogP contribution in [0.4, 0.5) is 5.69 Å². The zero-order valence-corrected chi connectivity index (χ0v) is 15.9. The topological polar surface area (TPSA) is 64.1 Å². The zero-order chi connectivity index (χ0) is 19.3. The molecule has 4 aromatic rings. The second kappa shape index (κ2) is 8.02. The highest BCUT2D eigenvalue weighted by atomic mass is 32.1. The van der Waals surface area contributed by atoms with Crippen molar-refractivity contribution in [3.05, 3.63) is 89.3 Å². The summed E-state index contributed by atoms with van der Waals surface area (Å²) in [6.45, 7) is 2.01. The van der Waals surface area contributed by atoms with E-state index in [0.717, 1.165) is 22.7 Å². The lowest BCUT2D eigenvalue weighted by molar-refractivity contribution is 0.103. The van der Waals surface area contributed by atoms with Crippen molar-refractivity contribution in [1.82, 2.24) is 9.59 Å². The standard InChI is InChI=1S/C22H17N3O2S/c1-15-11-13-16(14-12-15)20-21(28-25-24-20)22(26)23-18-9-5-6-10-19(18)27-17-7-3-2-4-8-17/h2-14H,1H3,(H,23,26). The Balaban J connectivity index is 1.59. The highest BCUT2D eigenvalue weighted by molar-refractivity contribution is 7.08. The van der Waals surface area contributed by atoms with Crippen molar-refractivity contribution in [3.8, 4) is 22.8 Å². The van der Waals surface area contributed by atoms with E-state index >= 15 is 0 Å². The molecule has 0 radical (unpaired) electrons. The van der Waals surface area contributed by atoms with Gasteiger partial charge in [-0.1, -0.05) is 64.6 Å². The number of para-hydroxylation sites is 3. The van der Waals surface area contributed by atoms with Crippen molar-refractivity contribution in [2.24, 2.45) is 0 Å². The number of carbonyl (C=O) groups is 1. The summed E-state index contributed by atoms with van der Waals surface area (Å²) in [5, 5.41) is 7.07. The molecule has 0 saturated carbocycles. The molecule has 3 aromatic carbocycles. The number of ether oxygens (including phenoxy) is 1. The summed E-state index contributed by atoms with van der Waals surface area (Å²) < 4.78 is 9.89. The molecule has 0 spiro atoms. The minimum absolute atomic E-state index is 0.269. The number of hydrogen-bond acceptors (Lipinski definition) is 5. The Labute approximate surface area is 166 Å². The van der Waals surface area contributed by atoms with Crippen LogP contribution in [0.1, 0.15) is 15.2 Å². The monoisotopic (exact) mass is 387 g/mol. The SMILES string of the molecule is Cc1ccc(-c2nnsc2C(=O)Nc2ccccc2Oc2ccccc2)cc1. The number of anilines is 1. The van der Waals surface area contributed by atoms with Crippen molar-refractivity contribution in [3.63, 3.8) is 0 Å². The van der Waals surface area contributed by atoms with Crippen LogP contribution >= 0.6 is 11.5 Å². The van der Waals surface area contributed by atoms with Gasteiger partial charge in [-0.2, -0.15) is 0 Å². The maximum Gasteiger partial charge on any atom is 0.269 e. The number of amides is 1. The molecule has 0 fully saturated rings. The summed E-state index contributed by atoms with van der Waals surface area (Å²) in [5.41, 5.74) is 3.16. The molecule has 6 heteroatoms. The van der Waals surface area contributed by atoms with Crippen LogP contribution in [0.3, 0.4) is 0 Å². The van der Waals surface area contributed by atoms with Gasteiger partial charge in [0.2, 0.25) is 0 Å². The number of hydrogen-bond donors (Lipinski definition) is 1. The number of nitrogens with zero attached hydrogens (tertiary/aromatic N) is 2. The van der Waals surface area contributed by atoms with Gasteiger partial charge in [0.25, 0.3) is 5.91 Å². The van der Waals surface area contributed by atoms with Gasteiger partial charge in [-0.05, 0) is 42.7 Å². The van der Waals surface area contributed by atoms with Crippen LogP contribution in [0.15, 0.2) is 78.9 Å². The molecule has 28 heavy (non-hydrogen) atoms. The smallest absolute Gasteiger partial charge is 0.269 e. The summed E-state index contributed by atoms with van der Waals surface area (Å²) in [6, 6.07) is 24.6. The highest BCUT2D eigenvalue weighted by Crippen LogP contribution is 2.31. The van der Waals surface area contributed by atoms with Crippen molar-refractivity contribution in [1.29, 1.82) is 0 Å². The molecule has 1 N–H and O–H groups in total. The highest BCUT2D eigenvalue weighted by Gasteiger charge is 2.19. The van der Waals surface area contributed by atoms with E-state index in [1.165, 1.54) is 0 Å². The third kappa shape index (κ3) is 3.92. The van der Waals surface area contributed by atoms with E-state index in [1.54, 1.807) is 6.07 Å². The number of aryl methyl sites for hydroxylation is 1. The van der Waals surface area contributed by atoms with Crippen molar-refractivity contribution >= 4 is 23.1 Å². The van der Waals surface area contributed by atoms with E-state index in [2.05, 4.69) is 14.9 Å². The van der Waals surface area contributed by atoms with E-state index in [1.807, 2.05) is 79.7 Å². The van der Waals surface area contributed by atoms with Crippen LogP contribution in [-0.2, 0) is 0 Å². The molecule has 0 aliphatic heterocycles. The predicted octanol–water partition coefficient (Wildman–Crippen LogP) is 5.56. The first-order chi connectivity index (χ1) is 13.7. The number of rotatable bonds is 5. The summed E-state index contributed by atoms with van der Waals surface area (Å²) in [7, 11) is 0. The zero-order valence-electron chi connectivity index (χ0n) is 15.1. The number of carbonyl (C=O) groups excluding carboxylic acids is 1. The van der Waals surface area contributed by atoms with Gasteiger partial charge in [0, 0.05) is 5.56 Å². The van der Waals surface area contributed by atoms with E-state index in [4.69, 9.17) is 4.74 Å². The van der Waals surface area contributed by atoms with Crippen molar-refractivity contribution < 1.29 is 9.53 Å². The largest absolute Gasteiger partial charge is 0.455 e. The number of benzene rings is 3. The molecule has 0 aliphatic rings. The molecule has 0 bridgehead atoms. The Morgan fingerprint density at radius 2 is 1.64 bits per heavy atom. The molecular formula is C22H17N3O2S. The second-order valence-electron chi connectivity index (χ2n) is 6.18. The first kappa shape index (κ1) is 17.9. The average molecular weight is 387 g/mol. The summed E-state index contributed by atoms with van der Waals surface area (Å²) in [5.74, 6) is 0.995. The summed E-state index contributed by atoms with van der Waals surface area (Å²) in [6.07, 6.45) is 0. The third-order valence-electron chi connectivity index (χ3n) is 4.13. The first-order valence-electron chi connectivity index (χ1n) is 8.73. The number of aromatic nitrogens is 2. The van der Waals surface area contributed by atoms with Crippen LogP contribution in [-0.4, -0.2) is 15.5 Å². The van der Waals surface area contributed by atoms with Crippen molar-refractivity contribution in [2.45, 2.75) is 6.92 Å². The Morgan fingerprint density at radius 1 is 0.929 bits per heavy atom. The molecule has 0 atom stereocenters. The van der Waals surface area contributed by atoms with Gasteiger partial charge in [0.05, 0.1) is 5.69 Å². The minimum Gasteiger partial charge on any atom is -0.455 e. The molecule has 138 valence electrons.